The van der Waals surface area contributed by atoms with Crippen molar-refractivity contribution in [3.05, 3.63) is 29.6 Å². The van der Waals surface area contributed by atoms with Crippen molar-refractivity contribution in [3.8, 4) is 0 Å². The van der Waals surface area contributed by atoms with Gasteiger partial charge in [0.2, 0.25) is 0 Å². The van der Waals surface area contributed by atoms with Crippen LogP contribution in [0.4, 0.5) is 0 Å². The predicted octanol–water partition coefficient (Wildman–Crippen LogP) is 2.03. The smallest absolute Gasteiger partial charge is 0.0547 e. The summed E-state index contributed by atoms with van der Waals surface area (Å²) in [4.78, 5) is 7.02. The van der Waals surface area contributed by atoms with Crippen LogP contribution in [0.1, 0.15) is 32.2 Å². The maximum atomic E-state index is 4.64. The molecule has 0 radical (unpaired) electrons. The Bertz CT molecular complexity index is 295. The van der Waals surface area contributed by atoms with E-state index in [0.29, 0.717) is 0 Å². The number of aromatic nitrogens is 1. The summed E-state index contributed by atoms with van der Waals surface area (Å²) in [5.74, 6) is 0. The summed E-state index contributed by atoms with van der Waals surface area (Å²) in [5, 5.41) is 3.30. The molecule has 0 aliphatic rings. The number of pyridine rings is 1. The summed E-state index contributed by atoms with van der Waals surface area (Å²) in [5.41, 5.74) is 2.30. The van der Waals surface area contributed by atoms with E-state index in [1.54, 1.807) is 0 Å². The van der Waals surface area contributed by atoms with Crippen LogP contribution in [-0.2, 0) is 13.1 Å². The zero-order chi connectivity index (χ0) is 11.8. The standard InChI is InChI=1S/C13H23N3/c1-4-14-10-12-8-7-9-13(15-12)11-16(5-2)6-3/h7-9,14H,4-6,10-11H2,1-3H3. The maximum absolute atomic E-state index is 4.64. The minimum Gasteiger partial charge on any atom is -0.311 e. The highest BCUT2D eigenvalue weighted by Gasteiger charge is 2.02. The second-order valence-electron chi connectivity index (χ2n) is 3.86. The minimum absolute atomic E-state index is 0.864. The number of hydrogen-bond acceptors (Lipinski definition) is 3. The van der Waals surface area contributed by atoms with Crippen LogP contribution in [0.3, 0.4) is 0 Å². The van der Waals surface area contributed by atoms with Gasteiger partial charge in [-0.1, -0.05) is 26.8 Å². The first-order valence-electron chi connectivity index (χ1n) is 6.18. The van der Waals surface area contributed by atoms with Crippen LogP contribution >= 0.6 is 0 Å². The molecule has 0 bridgehead atoms. The Balaban J connectivity index is 2.59. The first kappa shape index (κ1) is 13.1. The molecule has 0 amide bonds. The Morgan fingerprint density at radius 1 is 1.12 bits per heavy atom. The van der Waals surface area contributed by atoms with Gasteiger partial charge in [0.1, 0.15) is 0 Å². The molecule has 3 nitrogen and oxygen atoms in total. The van der Waals surface area contributed by atoms with Crippen LogP contribution in [0.5, 0.6) is 0 Å². The topological polar surface area (TPSA) is 28.2 Å². The largest absolute Gasteiger partial charge is 0.311 e. The monoisotopic (exact) mass is 221 g/mol. The van der Waals surface area contributed by atoms with E-state index in [9.17, 15) is 0 Å². The van der Waals surface area contributed by atoms with Gasteiger partial charge < -0.3 is 5.32 Å². The van der Waals surface area contributed by atoms with Gasteiger partial charge in [0.25, 0.3) is 0 Å². The number of hydrogen-bond donors (Lipinski definition) is 1. The van der Waals surface area contributed by atoms with Crippen molar-refractivity contribution in [1.82, 2.24) is 15.2 Å². The van der Waals surface area contributed by atoms with Crippen LogP contribution in [0.15, 0.2) is 18.2 Å². The first-order valence-corrected chi connectivity index (χ1v) is 6.18. The fraction of sp³-hybridized carbons (Fsp3) is 0.615. The molecular formula is C13H23N3. The average Bonchev–Trinajstić information content (AvgIpc) is 2.34. The quantitative estimate of drug-likeness (QED) is 0.763. The van der Waals surface area contributed by atoms with Crippen molar-refractivity contribution in [2.75, 3.05) is 19.6 Å². The Morgan fingerprint density at radius 2 is 1.81 bits per heavy atom. The molecule has 1 N–H and O–H groups in total. The summed E-state index contributed by atoms with van der Waals surface area (Å²) in [7, 11) is 0. The van der Waals surface area contributed by atoms with Gasteiger partial charge in [-0.05, 0) is 31.8 Å². The zero-order valence-corrected chi connectivity index (χ0v) is 10.7. The fourth-order valence-electron chi connectivity index (χ4n) is 1.65. The van der Waals surface area contributed by atoms with Gasteiger partial charge in [-0.15, -0.1) is 0 Å². The SMILES string of the molecule is CCNCc1cccc(CN(CC)CC)n1. The molecule has 0 aromatic carbocycles. The highest BCUT2D eigenvalue weighted by atomic mass is 15.1. The van der Waals surface area contributed by atoms with Crippen LogP contribution < -0.4 is 5.32 Å². The molecule has 16 heavy (non-hydrogen) atoms. The van der Waals surface area contributed by atoms with Crippen molar-refractivity contribution in [3.63, 3.8) is 0 Å². The summed E-state index contributed by atoms with van der Waals surface area (Å²) < 4.78 is 0. The van der Waals surface area contributed by atoms with Crippen molar-refractivity contribution in [2.45, 2.75) is 33.9 Å². The van der Waals surface area contributed by atoms with E-state index >= 15 is 0 Å². The van der Waals surface area contributed by atoms with Crippen molar-refractivity contribution < 1.29 is 0 Å². The second kappa shape index (κ2) is 7.36. The summed E-state index contributed by atoms with van der Waals surface area (Å²) >= 11 is 0. The lowest BCUT2D eigenvalue weighted by molar-refractivity contribution is 0.292. The maximum Gasteiger partial charge on any atom is 0.0547 e. The molecule has 0 unspecified atom stereocenters. The Kier molecular flexibility index (Phi) is 6.04. The van der Waals surface area contributed by atoms with Gasteiger partial charge in [0, 0.05) is 13.1 Å². The molecule has 0 aliphatic heterocycles. The lowest BCUT2D eigenvalue weighted by atomic mass is 10.3. The lowest BCUT2D eigenvalue weighted by Crippen LogP contribution is -2.23. The molecule has 0 aliphatic carbocycles. The molecule has 0 saturated heterocycles. The first-order chi connectivity index (χ1) is 7.80. The van der Waals surface area contributed by atoms with Gasteiger partial charge in [0.05, 0.1) is 11.4 Å². The molecule has 1 rings (SSSR count). The van der Waals surface area contributed by atoms with Crippen LogP contribution in [0.2, 0.25) is 0 Å². The van der Waals surface area contributed by atoms with Gasteiger partial charge in [-0.25, -0.2) is 0 Å². The molecule has 0 fully saturated rings. The van der Waals surface area contributed by atoms with E-state index in [1.807, 2.05) is 0 Å². The van der Waals surface area contributed by atoms with Gasteiger partial charge in [-0.2, -0.15) is 0 Å². The molecule has 1 heterocycles. The highest BCUT2D eigenvalue weighted by Crippen LogP contribution is 2.03. The number of nitrogens with zero attached hydrogens (tertiary/aromatic N) is 2. The third kappa shape index (κ3) is 4.29. The van der Waals surface area contributed by atoms with Crippen LogP contribution in [-0.4, -0.2) is 29.5 Å². The zero-order valence-electron chi connectivity index (χ0n) is 10.7. The molecule has 0 spiro atoms. The predicted molar refractivity (Wildman–Crippen MR) is 68.2 cm³/mol. The van der Waals surface area contributed by atoms with E-state index in [-0.39, 0.29) is 0 Å². The third-order valence-corrected chi connectivity index (χ3v) is 2.70. The molecule has 90 valence electrons. The minimum atomic E-state index is 0.864. The average molecular weight is 221 g/mol. The van der Waals surface area contributed by atoms with Crippen LogP contribution in [0, 0.1) is 0 Å². The van der Waals surface area contributed by atoms with E-state index < -0.39 is 0 Å². The summed E-state index contributed by atoms with van der Waals surface area (Å²) in [6.45, 7) is 11.4. The Morgan fingerprint density at radius 3 is 2.44 bits per heavy atom. The van der Waals surface area contributed by atoms with Gasteiger partial charge in [-0.3, -0.25) is 9.88 Å². The molecule has 1 aromatic heterocycles. The molecular weight excluding hydrogens is 198 g/mol. The normalized spacial score (nSPS) is 11.0. The Hall–Kier alpha value is -0.930. The van der Waals surface area contributed by atoms with Gasteiger partial charge in [0.15, 0.2) is 0 Å². The van der Waals surface area contributed by atoms with Gasteiger partial charge >= 0.3 is 0 Å². The molecule has 0 atom stereocenters. The summed E-state index contributed by atoms with van der Waals surface area (Å²) in [6.07, 6.45) is 0. The third-order valence-electron chi connectivity index (χ3n) is 2.70. The molecule has 0 saturated carbocycles. The van der Waals surface area contributed by atoms with Crippen LogP contribution in [0.25, 0.3) is 0 Å². The Labute approximate surface area is 98.9 Å². The second-order valence-corrected chi connectivity index (χ2v) is 3.86. The van der Waals surface area contributed by atoms with Crippen molar-refractivity contribution in [2.24, 2.45) is 0 Å². The van der Waals surface area contributed by atoms with E-state index in [1.165, 1.54) is 5.69 Å². The molecule has 1 aromatic rings. The molecule has 3 heteroatoms. The van der Waals surface area contributed by atoms with Crippen molar-refractivity contribution in [1.29, 1.82) is 0 Å². The van der Waals surface area contributed by atoms with E-state index in [2.05, 4.69) is 54.2 Å². The van der Waals surface area contributed by atoms with Crippen molar-refractivity contribution >= 4 is 0 Å². The van der Waals surface area contributed by atoms with E-state index in [0.717, 1.165) is 38.4 Å². The van der Waals surface area contributed by atoms with E-state index in [4.69, 9.17) is 0 Å². The number of rotatable bonds is 7. The summed E-state index contributed by atoms with van der Waals surface area (Å²) in [6, 6.07) is 6.28. The highest BCUT2D eigenvalue weighted by molar-refractivity contribution is 5.11. The number of nitrogens with one attached hydrogen (secondary N) is 1. The lowest BCUT2D eigenvalue weighted by Gasteiger charge is -2.17. The fourth-order valence-corrected chi connectivity index (χ4v) is 1.65.